The third-order valence-electron chi connectivity index (χ3n) is 1.43. The fourth-order valence-electron chi connectivity index (χ4n) is 0.824. The van der Waals surface area contributed by atoms with Crippen LogP contribution in [0.1, 0.15) is 11.1 Å². The molecule has 1 aromatic carbocycles. The Morgan fingerprint density at radius 1 is 1.25 bits per heavy atom. The van der Waals surface area contributed by atoms with Gasteiger partial charge >= 0.3 is 0 Å². The number of nitrogens with zero attached hydrogens (tertiary/aromatic N) is 1. The van der Waals surface area contributed by atoms with Crippen molar-refractivity contribution < 1.29 is 0 Å². The standard InChI is InChI=1S/C11H7N/c1-2-10-5-7-11(8-6-10)4-3-9-12/h1,3-8H. The second kappa shape index (κ2) is 4.01. The molecular weight excluding hydrogens is 146 g/mol. The van der Waals surface area contributed by atoms with E-state index < -0.39 is 0 Å². The van der Waals surface area contributed by atoms with E-state index >= 15 is 0 Å². The lowest BCUT2D eigenvalue weighted by Crippen LogP contribution is -1.74. The molecule has 0 radical (unpaired) electrons. The summed E-state index contributed by atoms with van der Waals surface area (Å²) in [7, 11) is 0. The van der Waals surface area contributed by atoms with Gasteiger partial charge in [-0.15, -0.1) is 6.42 Å². The van der Waals surface area contributed by atoms with E-state index in [0.717, 1.165) is 11.1 Å². The van der Waals surface area contributed by atoms with Crippen LogP contribution >= 0.6 is 0 Å². The van der Waals surface area contributed by atoms with Gasteiger partial charge in [0.05, 0.1) is 6.07 Å². The van der Waals surface area contributed by atoms with Gasteiger partial charge in [-0.3, -0.25) is 0 Å². The smallest absolute Gasteiger partial charge is 0.0912 e. The Bertz CT molecular complexity index is 357. The van der Waals surface area contributed by atoms with Crippen molar-refractivity contribution in [1.82, 2.24) is 0 Å². The van der Waals surface area contributed by atoms with Crippen molar-refractivity contribution in [2.24, 2.45) is 0 Å². The summed E-state index contributed by atoms with van der Waals surface area (Å²) in [4.78, 5) is 0. The summed E-state index contributed by atoms with van der Waals surface area (Å²) in [5, 5.41) is 8.26. The number of rotatable bonds is 1. The van der Waals surface area contributed by atoms with Crippen LogP contribution in [-0.4, -0.2) is 0 Å². The molecule has 0 saturated carbocycles. The van der Waals surface area contributed by atoms with Crippen molar-refractivity contribution in [1.29, 1.82) is 5.26 Å². The molecule has 0 aromatic heterocycles. The molecule has 0 fully saturated rings. The highest BCUT2D eigenvalue weighted by atomic mass is 14.2. The first-order chi connectivity index (χ1) is 5.86. The zero-order valence-corrected chi connectivity index (χ0v) is 6.49. The summed E-state index contributed by atoms with van der Waals surface area (Å²) in [6.07, 6.45) is 8.35. The number of allylic oxidation sites excluding steroid dienone is 1. The van der Waals surface area contributed by atoms with Crippen LogP contribution in [-0.2, 0) is 0 Å². The summed E-state index contributed by atoms with van der Waals surface area (Å²) in [6, 6.07) is 9.37. The number of nitriles is 1. The van der Waals surface area contributed by atoms with Crippen LogP contribution < -0.4 is 0 Å². The molecule has 1 heteroatoms. The van der Waals surface area contributed by atoms with Crippen molar-refractivity contribution >= 4 is 6.08 Å². The number of hydrogen-bond acceptors (Lipinski definition) is 1. The zero-order valence-electron chi connectivity index (χ0n) is 6.49. The average molecular weight is 153 g/mol. The van der Waals surface area contributed by atoms with Gasteiger partial charge in [0.1, 0.15) is 0 Å². The first-order valence-electron chi connectivity index (χ1n) is 3.49. The Labute approximate surface area is 72.0 Å². The second-order valence-corrected chi connectivity index (χ2v) is 2.23. The lowest BCUT2D eigenvalue weighted by molar-refractivity contribution is 1.53. The molecule has 0 N–H and O–H groups in total. The normalized spacial score (nSPS) is 9.17. The van der Waals surface area contributed by atoms with Gasteiger partial charge in [-0.2, -0.15) is 5.26 Å². The Kier molecular flexibility index (Phi) is 2.71. The summed E-state index contributed by atoms with van der Waals surface area (Å²) < 4.78 is 0. The van der Waals surface area contributed by atoms with Gasteiger partial charge in [0.2, 0.25) is 0 Å². The predicted octanol–water partition coefficient (Wildman–Crippen LogP) is 2.20. The Balaban J connectivity index is 2.88. The molecule has 0 bridgehead atoms. The van der Waals surface area contributed by atoms with Gasteiger partial charge in [-0.25, -0.2) is 0 Å². The predicted molar refractivity (Wildman–Crippen MR) is 49.0 cm³/mol. The molecule has 0 atom stereocenters. The fraction of sp³-hybridized carbons (Fsp3) is 0. The van der Waals surface area contributed by atoms with E-state index in [1.807, 2.05) is 30.3 Å². The summed E-state index contributed by atoms with van der Waals surface area (Å²) in [5.74, 6) is 2.52. The Morgan fingerprint density at radius 3 is 2.42 bits per heavy atom. The monoisotopic (exact) mass is 153 g/mol. The van der Waals surface area contributed by atoms with Crippen LogP contribution in [0.25, 0.3) is 6.08 Å². The van der Waals surface area contributed by atoms with E-state index in [9.17, 15) is 0 Å². The molecule has 56 valence electrons. The second-order valence-electron chi connectivity index (χ2n) is 2.23. The summed E-state index contributed by atoms with van der Waals surface area (Å²) in [6.45, 7) is 0. The third-order valence-corrected chi connectivity index (χ3v) is 1.43. The largest absolute Gasteiger partial charge is 0.193 e. The molecule has 1 rings (SSSR count). The highest BCUT2D eigenvalue weighted by Crippen LogP contribution is 2.04. The van der Waals surface area contributed by atoms with Gasteiger partial charge in [-0.05, 0) is 23.8 Å². The minimum atomic E-state index is 0.851. The zero-order chi connectivity index (χ0) is 8.81. The van der Waals surface area contributed by atoms with Crippen molar-refractivity contribution in [3.63, 3.8) is 0 Å². The van der Waals surface area contributed by atoms with Gasteiger partial charge in [0.15, 0.2) is 0 Å². The highest BCUT2D eigenvalue weighted by Gasteiger charge is 1.86. The molecule has 0 amide bonds. The number of benzene rings is 1. The summed E-state index contributed by atoms with van der Waals surface area (Å²) in [5.41, 5.74) is 1.83. The first-order valence-corrected chi connectivity index (χ1v) is 3.49. The molecule has 0 unspecified atom stereocenters. The third kappa shape index (κ3) is 2.01. The minimum absolute atomic E-state index is 0.851. The maximum Gasteiger partial charge on any atom is 0.0912 e. The van der Waals surface area contributed by atoms with Crippen LogP contribution in [0, 0.1) is 23.7 Å². The van der Waals surface area contributed by atoms with E-state index in [1.54, 1.807) is 6.08 Å². The number of hydrogen-bond donors (Lipinski definition) is 0. The molecular formula is C11H7N. The summed E-state index contributed by atoms with van der Waals surface area (Å²) >= 11 is 0. The SMILES string of the molecule is C#Cc1ccc(C=CC#N)cc1. The highest BCUT2D eigenvalue weighted by molar-refractivity contribution is 5.53. The molecule has 1 nitrogen and oxygen atoms in total. The molecule has 0 aliphatic rings. The van der Waals surface area contributed by atoms with Crippen molar-refractivity contribution in [3.05, 3.63) is 41.5 Å². The van der Waals surface area contributed by atoms with Crippen LogP contribution in [0.3, 0.4) is 0 Å². The van der Waals surface area contributed by atoms with Crippen molar-refractivity contribution in [2.75, 3.05) is 0 Å². The minimum Gasteiger partial charge on any atom is -0.193 e. The Hall–Kier alpha value is -1.99. The first kappa shape index (κ1) is 8.11. The van der Waals surface area contributed by atoms with Crippen LogP contribution in [0.15, 0.2) is 30.3 Å². The maximum absolute atomic E-state index is 8.26. The van der Waals surface area contributed by atoms with E-state index in [1.165, 1.54) is 6.08 Å². The number of terminal acetylenes is 1. The maximum atomic E-state index is 8.26. The van der Waals surface area contributed by atoms with Crippen molar-refractivity contribution in [3.8, 4) is 18.4 Å². The molecule has 0 aliphatic carbocycles. The molecule has 1 aromatic rings. The lowest BCUT2D eigenvalue weighted by Gasteiger charge is -1.91. The molecule has 0 saturated heterocycles. The quantitative estimate of drug-likeness (QED) is 0.448. The molecule has 0 spiro atoms. The topological polar surface area (TPSA) is 23.8 Å². The van der Waals surface area contributed by atoms with E-state index in [4.69, 9.17) is 11.7 Å². The average Bonchev–Trinajstić information content (AvgIpc) is 2.15. The van der Waals surface area contributed by atoms with Crippen LogP contribution in [0.2, 0.25) is 0 Å². The van der Waals surface area contributed by atoms with Gasteiger partial charge in [0.25, 0.3) is 0 Å². The van der Waals surface area contributed by atoms with E-state index in [-0.39, 0.29) is 0 Å². The van der Waals surface area contributed by atoms with Gasteiger partial charge in [-0.1, -0.05) is 18.1 Å². The van der Waals surface area contributed by atoms with Gasteiger partial charge in [0, 0.05) is 11.6 Å². The van der Waals surface area contributed by atoms with E-state index in [2.05, 4.69) is 5.92 Å². The fourth-order valence-corrected chi connectivity index (χ4v) is 0.824. The van der Waals surface area contributed by atoms with Crippen molar-refractivity contribution in [2.45, 2.75) is 0 Å². The van der Waals surface area contributed by atoms with Crippen LogP contribution in [0.5, 0.6) is 0 Å². The van der Waals surface area contributed by atoms with Gasteiger partial charge < -0.3 is 0 Å². The van der Waals surface area contributed by atoms with Crippen LogP contribution in [0.4, 0.5) is 0 Å². The molecule has 0 aliphatic heterocycles. The Morgan fingerprint density at radius 2 is 1.92 bits per heavy atom. The molecule has 12 heavy (non-hydrogen) atoms. The lowest BCUT2D eigenvalue weighted by atomic mass is 10.1. The molecule has 0 heterocycles. The van der Waals surface area contributed by atoms with E-state index in [0.29, 0.717) is 0 Å².